The zero-order valence-corrected chi connectivity index (χ0v) is 12.7. The Kier molecular flexibility index (Phi) is 4.50. The van der Waals surface area contributed by atoms with Crippen molar-refractivity contribution >= 4 is 17.6 Å². The van der Waals surface area contributed by atoms with E-state index in [2.05, 4.69) is 5.10 Å². The summed E-state index contributed by atoms with van der Waals surface area (Å²) in [5, 5.41) is 12.2. The summed E-state index contributed by atoms with van der Waals surface area (Å²) in [6, 6.07) is 1.90. The van der Waals surface area contributed by atoms with Gasteiger partial charge in [-0.25, -0.2) is 14.0 Å². The lowest BCUT2D eigenvalue weighted by molar-refractivity contribution is -0.144. The summed E-state index contributed by atoms with van der Waals surface area (Å²) < 4.78 is 20.6. The Morgan fingerprint density at radius 2 is 2.09 bits per heavy atom. The summed E-state index contributed by atoms with van der Waals surface area (Å²) in [5.41, 5.74) is -1.87. The van der Waals surface area contributed by atoms with Gasteiger partial charge in [0.2, 0.25) is 0 Å². The Labute approximate surface area is 133 Å². The molecule has 0 saturated carbocycles. The van der Waals surface area contributed by atoms with E-state index in [1.807, 2.05) is 0 Å². The lowest BCUT2D eigenvalue weighted by atomic mass is 10.2. The first-order valence-corrected chi connectivity index (χ1v) is 6.64. The van der Waals surface area contributed by atoms with E-state index in [1.54, 1.807) is 0 Å². The van der Waals surface area contributed by atoms with Crippen LogP contribution in [-0.4, -0.2) is 31.5 Å². The van der Waals surface area contributed by atoms with Crippen LogP contribution in [0.5, 0.6) is 5.75 Å². The van der Waals surface area contributed by atoms with Crippen LogP contribution in [0.25, 0.3) is 5.69 Å². The molecule has 8 nitrogen and oxygen atoms in total. The molecule has 0 spiro atoms. The number of rotatable bonds is 4. The number of ether oxygens (including phenoxy) is 1. The van der Waals surface area contributed by atoms with Crippen LogP contribution in [0.4, 0.5) is 4.39 Å². The summed E-state index contributed by atoms with van der Waals surface area (Å²) in [5.74, 6) is -2.27. The predicted octanol–water partition coefficient (Wildman–Crippen LogP) is 0.576. The van der Waals surface area contributed by atoms with Gasteiger partial charge < -0.3 is 9.84 Å². The van der Waals surface area contributed by atoms with Gasteiger partial charge >= 0.3 is 11.7 Å². The van der Waals surface area contributed by atoms with Crippen LogP contribution >= 0.6 is 11.6 Å². The first-order valence-electron chi connectivity index (χ1n) is 6.26. The fourth-order valence-corrected chi connectivity index (χ4v) is 1.85. The second kappa shape index (κ2) is 6.21. The Hall–Kier alpha value is -2.68. The summed E-state index contributed by atoms with van der Waals surface area (Å²) in [4.78, 5) is 34.2. The van der Waals surface area contributed by atoms with Crippen LogP contribution < -0.4 is 16.0 Å². The Bertz CT molecular complexity index is 892. The van der Waals surface area contributed by atoms with Crippen molar-refractivity contribution in [1.29, 1.82) is 0 Å². The molecule has 0 aliphatic carbocycles. The number of aliphatic carboxylic acids is 1. The van der Waals surface area contributed by atoms with Crippen LogP contribution in [0.1, 0.15) is 6.92 Å². The fraction of sp³-hybridized carbons (Fsp3) is 0.231. The minimum atomic E-state index is -1.25. The third-order valence-corrected chi connectivity index (χ3v) is 3.26. The Morgan fingerprint density at radius 3 is 2.70 bits per heavy atom. The van der Waals surface area contributed by atoms with Crippen LogP contribution in [0.2, 0.25) is 5.02 Å². The maximum atomic E-state index is 14.1. The molecule has 0 bridgehead atoms. The number of carboxylic acid groups (broad SMARTS) is 1. The minimum absolute atomic E-state index is 0.138. The monoisotopic (exact) mass is 343 g/mol. The molecule has 2 aromatic rings. The van der Waals surface area contributed by atoms with Gasteiger partial charge in [0.1, 0.15) is 17.6 Å². The highest BCUT2D eigenvalue weighted by molar-refractivity contribution is 6.32. The predicted molar refractivity (Wildman–Crippen MR) is 77.8 cm³/mol. The van der Waals surface area contributed by atoms with E-state index >= 15 is 0 Å². The Balaban J connectivity index is 2.60. The molecular weight excluding hydrogens is 333 g/mol. The number of carboxylic acids is 1. The minimum Gasteiger partial charge on any atom is -0.479 e. The number of aromatic nitrogens is 3. The van der Waals surface area contributed by atoms with E-state index in [0.717, 1.165) is 22.9 Å². The van der Waals surface area contributed by atoms with E-state index in [1.165, 1.54) is 14.0 Å². The number of hydrogen-bond donors (Lipinski definition) is 1. The lowest BCUT2D eigenvalue weighted by Gasteiger charge is -2.14. The van der Waals surface area contributed by atoms with Crippen molar-refractivity contribution in [3.05, 3.63) is 50.0 Å². The molecule has 0 radical (unpaired) electrons. The van der Waals surface area contributed by atoms with Gasteiger partial charge in [0.15, 0.2) is 11.9 Å². The summed E-state index contributed by atoms with van der Waals surface area (Å²) >= 11 is 5.81. The average Bonchev–Trinajstić information content (AvgIpc) is 2.48. The van der Waals surface area contributed by atoms with Gasteiger partial charge in [0, 0.05) is 13.1 Å². The van der Waals surface area contributed by atoms with Crippen molar-refractivity contribution in [2.24, 2.45) is 7.05 Å². The summed E-state index contributed by atoms with van der Waals surface area (Å²) in [7, 11) is 1.21. The molecule has 1 atom stereocenters. The van der Waals surface area contributed by atoms with E-state index in [9.17, 15) is 18.8 Å². The van der Waals surface area contributed by atoms with Crippen molar-refractivity contribution in [1.82, 2.24) is 14.3 Å². The number of carbonyl (C=O) groups is 1. The highest BCUT2D eigenvalue weighted by atomic mass is 35.5. The van der Waals surface area contributed by atoms with Crippen molar-refractivity contribution in [2.75, 3.05) is 0 Å². The molecule has 1 heterocycles. The molecule has 1 aromatic heterocycles. The molecule has 1 aromatic carbocycles. The second-order valence-electron chi connectivity index (χ2n) is 4.57. The number of benzene rings is 1. The highest BCUT2D eigenvalue weighted by Gasteiger charge is 2.19. The highest BCUT2D eigenvalue weighted by Crippen LogP contribution is 2.29. The number of hydrogen-bond acceptors (Lipinski definition) is 5. The average molecular weight is 344 g/mol. The molecule has 2 rings (SSSR count). The standard InChI is InChI=1S/C13H11ClFN3O5/c1-6(12(20)21)23-10-4-9(8(15)3-7(10)14)18-13(22)17(2)11(19)5-16-18/h3-6H,1-2H3,(H,20,21). The molecule has 0 aliphatic rings. The second-order valence-corrected chi connectivity index (χ2v) is 4.98. The quantitative estimate of drug-likeness (QED) is 0.870. The zero-order chi connectivity index (χ0) is 17.3. The van der Waals surface area contributed by atoms with Gasteiger partial charge in [-0.05, 0) is 13.0 Å². The first kappa shape index (κ1) is 16.7. The molecule has 0 amide bonds. The molecule has 1 N–H and O–H groups in total. The number of nitrogens with zero attached hydrogens (tertiary/aromatic N) is 3. The normalized spacial score (nSPS) is 12.0. The van der Waals surface area contributed by atoms with Gasteiger partial charge in [-0.1, -0.05) is 11.6 Å². The van der Waals surface area contributed by atoms with Gasteiger partial charge in [-0.15, -0.1) is 0 Å². The molecule has 0 saturated heterocycles. The molecular formula is C13H11ClFN3O5. The fourth-order valence-electron chi connectivity index (χ4n) is 1.66. The molecule has 1 unspecified atom stereocenters. The van der Waals surface area contributed by atoms with E-state index in [4.69, 9.17) is 21.4 Å². The first-order chi connectivity index (χ1) is 10.7. The van der Waals surface area contributed by atoms with Crippen LogP contribution in [0.15, 0.2) is 27.9 Å². The van der Waals surface area contributed by atoms with Gasteiger partial charge in [-0.2, -0.15) is 9.78 Å². The van der Waals surface area contributed by atoms with Crippen molar-refractivity contribution < 1.29 is 19.0 Å². The SMILES string of the molecule is CC(Oc1cc(-n2ncc(=O)n(C)c2=O)c(F)cc1Cl)C(=O)O. The van der Waals surface area contributed by atoms with Gasteiger partial charge in [-0.3, -0.25) is 9.36 Å². The molecule has 0 fully saturated rings. The van der Waals surface area contributed by atoms with E-state index < -0.39 is 29.1 Å². The maximum absolute atomic E-state index is 14.1. The van der Waals surface area contributed by atoms with Gasteiger partial charge in [0.25, 0.3) is 5.56 Å². The molecule has 10 heteroatoms. The van der Waals surface area contributed by atoms with E-state index in [0.29, 0.717) is 4.68 Å². The van der Waals surface area contributed by atoms with Crippen molar-refractivity contribution in [3.8, 4) is 11.4 Å². The topological polar surface area (TPSA) is 103 Å². The third-order valence-electron chi connectivity index (χ3n) is 2.96. The van der Waals surface area contributed by atoms with Gasteiger partial charge in [0.05, 0.1) is 5.02 Å². The van der Waals surface area contributed by atoms with Crippen LogP contribution in [-0.2, 0) is 11.8 Å². The zero-order valence-electron chi connectivity index (χ0n) is 12.0. The largest absolute Gasteiger partial charge is 0.479 e. The molecule has 122 valence electrons. The Morgan fingerprint density at radius 1 is 1.43 bits per heavy atom. The maximum Gasteiger partial charge on any atom is 0.352 e. The van der Waals surface area contributed by atoms with Crippen LogP contribution in [0.3, 0.4) is 0 Å². The molecule has 23 heavy (non-hydrogen) atoms. The van der Waals surface area contributed by atoms with E-state index in [-0.39, 0.29) is 16.5 Å². The van der Waals surface area contributed by atoms with Crippen molar-refractivity contribution in [2.45, 2.75) is 13.0 Å². The number of halogens is 2. The lowest BCUT2D eigenvalue weighted by Crippen LogP contribution is -2.38. The van der Waals surface area contributed by atoms with Crippen LogP contribution in [0, 0.1) is 5.82 Å². The van der Waals surface area contributed by atoms with Crippen molar-refractivity contribution in [3.63, 3.8) is 0 Å². The summed E-state index contributed by atoms with van der Waals surface area (Å²) in [6.07, 6.45) is -0.397. The third kappa shape index (κ3) is 3.24. The summed E-state index contributed by atoms with van der Waals surface area (Å²) in [6.45, 7) is 1.26. The molecule has 0 aliphatic heterocycles. The smallest absolute Gasteiger partial charge is 0.352 e.